The summed E-state index contributed by atoms with van der Waals surface area (Å²) in [6.45, 7) is 3.94. The Morgan fingerprint density at radius 2 is 2.06 bits per heavy atom. The van der Waals surface area contributed by atoms with E-state index in [1.165, 1.54) is 0 Å². The third kappa shape index (κ3) is 4.91. The van der Waals surface area contributed by atoms with Crippen LogP contribution in [0.1, 0.15) is 43.5 Å². The second kappa shape index (κ2) is 9.82. The Bertz CT molecular complexity index is 1110. The maximum absolute atomic E-state index is 14.8. The predicted molar refractivity (Wildman–Crippen MR) is 124 cm³/mol. The van der Waals surface area contributed by atoms with Crippen LogP contribution in [0.25, 0.3) is 10.9 Å². The fourth-order valence-corrected chi connectivity index (χ4v) is 3.54. The van der Waals surface area contributed by atoms with Crippen LogP contribution in [0.5, 0.6) is 5.88 Å². The van der Waals surface area contributed by atoms with Gasteiger partial charge in [0.15, 0.2) is 11.6 Å². The van der Waals surface area contributed by atoms with Gasteiger partial charge in [-0.2, -0.15) is 0 Å². The maximum atomic E-state index is 14.8. The number of unbranched alkanes of at least 4 members (excludes halogenated alkanes) is 1. The monoisotopic (exact) mass is 443 g/mol. The van der Waals surface area contributed by atoms with Gasteiger partial charge >= 0.3 is 0 Å². The summed E-state index contributed by atoms with van der Waals surface area (Å²) in [5.74, 6) is -0.846. The van der Waals surface area contributed by atoms with Crippen LogP contribution in [0, 0.1) is 5.82 Å². The van der Waals surface area contributed by atoms with E-state index >= 15 is 0 Å². The smallest absolute Gasteiger partial charge is 0.252 e. The number of pyridine rings is 1. The first-order valence-corrected chi connectivity index (χ1v) is 10.5. The Balaban J connectivity index is 1.98. The van der Waals surface area contributed by atoms with Crippen LogP contribution in [0.15, 0.2) is 24.3 Å². The first kappa shape index (κ1) is 23.3. The zero-order chi connectivity index (χ0) is 23.4. The number of anilines is 3. The minimum absolute atomic E-state index is 0.0101. The molecule has 0 aliphatic carbocycles. The van der Waals surface area contributed by atoms with Crippen molar-refractivity contribution in [2.75, 3.05) is 17.7 Å². The molecule has 0 saturated heterocycles. The maximum Gasteiger partial charge on any atom is 0.252 e. The van der Waals surface area contributed by atoms with Crippen LogP contribution < -0.4 is 26.8 Å². The molecule has 6 N–H and O–H groups in total. The van der Waals surface area contributed by atoms with Crippen LogP contribution in [0.4, 0.5) is 21.7 Å². The van der Waals surface area contributed by atoms with Crippen LogP contribution in [0.2, 0.25) is 0 Å². The van der Waals surface area contributed by atoms with Gasteiger partial charge in [0.1, 0.15) is 5.82 Å². The lowest BCUT2D eigenvalue weighted by Gasteiger charge is -2.23. The molecule has 0 radical (unpaired) electrons. The molecule has 0 aliphatic heterocycles. The second-order valence-electron chi connectivity index (χ2n) is 7.82. The lowest BCUT2D eigenvalue weighted by molar-refractivity contribution is 0.100. The second-order valence-corrected chi connectivity index (χ2v) is 7.82. The number of methoxy groups -OCH3 is 1. The van der Waals surface area contributed by atoms with Crippen molar-refractivity contribution in [2.45, 2.75) is 45.2 Å². The topological polar surface area (TPSA) is 133 Å². The van der Waals surface area contributed by atoms with E-state index in [0.717, 1.165) is 36.2 Å². The molecule has 10 heteroatoms. The summed E-state index contributed by atoms with van der Waals surface area (Å²) in [4.78, 5) is 16.3. The van der Waals surface area contributed by atoms with Crippen molar-refractivity contribution in [1.29, 1.82) is 0 Å². The molecule has 1 amide bonds. The molecule has 172 valence electrons. The molecule has 0 spiro atoms. The molecule has 2 aromatic heterocycles. The third-order valence-electron chi connectivity index (χ3n) is 5.34. The van der Waals surface area contributed by atoms with Crippen LogP contribution >= 0.6 is 0 Å². The Morgan fingerprint density at radius 3 is 2.69 bits per heavy atom. The van der Waals surface area contributed by atoms with Crippen molar-refractivity contribution in [3.8, 4) is 5.88 Å². The van der Waals surface area contributed by atoms with E-state index < -0.39 is 11.7 Å². The SMILES string of the molecule is CCCC[C@@H](Nc1nc(Nc2ccc3c(c2)c(OC)nn3C)c(C(N)=O)cc1F)[C@H](C)N. The molecule has 0 unspecified atom stereocenters. The van der Waals surface area contributed by atoms with Gasteiger partial charge in [0.2, 0.25) is 5.88 Å². The van der Waals surface area contributed by atoms with Crippen molar-refractivity contribution in [3.05, 3.63) is 35.6 Å². The summed E-state index contributed by atoms with van der Waals surface area (Å²) >= 11 is 0. The lowest BCUT2D eigenvalue weighted by atomic mass is 10.0. The molecule has 0 fully saturated rings. The number of primary amides is 1. The van der Waals surface area contributed by atoms with Crippen LogP contribution in [0.3, 0.4) is 0 Å². The Kier molecular flexibility index (Phi) is 7.14. The van der Waals surface area contributed by atoms with Crippen molar-refractivity contribution >= 4 is 34.1 Å². The molecule has 32 heavy (non-hydrogen) atoms. The number of carbonyl (C=O) groups is 1. The summed E-state index contributed by atoms with van der Waals surface area (Å²) in [5, 5.41) is 11.2. The van der Waals surface area contributed by atoms with Gasteiger partial charge in [0.05, 0.1) is 23.6 Å². The zero-order valence-electron chi connectivity index (χ0n) is 18.8. The molecular weight excluding hydrogens is 413 g/mol. The van der Waals surface area contributed by atoms with Gasteiger partial charge in [-0.05, 0) is 37.6 Å². The van der Waals surface area contributed by atoms with Gasteiger partial charge in [0.25, 0.3) is 5.91 Å². The van der Waals surface area contributed by atoms with Crippen molar-refractivity contribution in [3.63, 3.8) is 0 Å². The van der Waals surface area contributed by atoms with Gasteiger partial charge in [-0.1, -0.05) is 19.8 Å². The molecule has 0 bridgehead atoms. The Labute approximate surface area is 186 Å². The molecule has 0 aliphatic rings. The summed E-state index contributed by atoms with van der Waals surface area (Å²) in [5.41, 5.74) is 13.0. The van der Waals surface area contributed by atoms with Crippen molar-refractivity contribution in [1.82, 2.24) is 14.8 Å². The average Bonchev–Trinajstić information content (AvgIpc) is 3.07. The molecule has 2 atom stereocenters. The predicted octanol–water partition coefficient (Wildman–Crippen LogP) is 3.28. The third-order valence-corrected chi connectivity index (χ3v) is 5.34. The minimum atomic E-state index is -0.791. The number of fused-ring (bicyclic) bond motifs is 1. The number of hydrogen-bond acceptors (Lipinski definition) is 7. The van der Waals surface area contributed by atoms with Gasteiger partial charge in [-0.25, -0.2) is 9.37 Å². The number of benzene rings is 1. The number of nitrogens with two attached hydrogens (primary N) is 2. The molecule has 0 saturated carbocycles. The van der Waals surface area contributed by atoms with E-state index in [2.05, 4.69) is 27.6 Å². The Morgan fingerprint density at radius 1 is 1.31 bits per heavy atom. The highest BCUT2D eigenvalue weighted by Gasteiger charge is 2.20. The zero-order valence-corrected chi connectivity index (χ0v) is 18.8. The molecule has 3 rings (SSSR count). The first-order valence-electron chi connectivity index (χ1n) is 10.5. The van der Waals surface area contributed by atoms with E-state index in [9.17, 15) is 9.18 Å². The van der Waals surface area contributed by atoms with Crippen LogP contribution in [-0.2, 0) is 7.05 Å². The van der Waals surface area contributed by atoms with E-state index in [-0.39, 0.29) is 29.3 Å². The molecule has 2 heterocycles. The standard InChI is InChI=1S/C22H30FN7O2/c1-5-6-7-17(12(2)24)27-21-16(23)11-15(19(25)31)20(28-21)26-13-8-9-18-14(10-13)22(32-4)29-30(18)3/h8-12,17H,5-7,24H2,1-4H3,(H2,25,31)(H2,26,27,28)/t12-,17+/m0/s1. The number of aryl methyl sites for hydroxylation is 1. The van der Waals surface area contributed by atoms with E-state index in [0.29, 0.717) is 11.6 Å². The van der Waals surface area contributed by atoms with Crippen molar-refractivity contribution in [2.24, 2.45) is 18.5 Å². The highest BCUT2D eigenvalue weighted by Crippen LogP contribution is 2.30. The highest BCUT2D eigenvalue weighted by molar-refractivity contribution is 5.99. The number of aromatic nitrogens is 3. The summed E-state index contributed by atoms with van der Waals surface area (Å²) in [6, 6.07) is 6.18. The van der Waals surface area contributed by atoms with E-state index in [4.69, 9.17) is 16.2 Å². The van der Waals surface area contributed by atoms with Crippen molar-refractivity contribution < 1.29 is 13.9 Å². The van der Waals surface area contributed by atoms with Gasteiger partial charge in [0, 0.05) is 24.8 Å². The summed E-state index contributed by atoms with van der Waals surface area (Å²) in [6.07, 6.45) is 2.71. The fourth-order valence-electron chi connectivity index (χ4n) is 3.54. The number of hydrogen-bond donors (Lipinski definition) is 4. The number of nitrogens with zero attached hydrogens (tertiary/aromatic N) is 3. The molecular formula is C22H30FN7O2. The Hall–Kier alpha value is -3.40. The average molecular weight is 444 g/mol. The van der Waals surface area contributed by atoms with E-state index in [1.54, 1.807) is 17.9 Å². The fraction of sp³-hybridized carbons (Fsp3) is 0.409. The lowest BCUT2D eigenvalue weighted by Crippen LogP contribution is -2.38. The first-order chi connectivity index (χ1) is 15.2. The number of rotatable bonds is 10. The summed E-state index contributed by atoms with van der Waals surface area (Å²) < 4.78 is 21.8. The van der Waals surface area contributed by atoms with Gasteiger partial charge in [-0.15, -0.1) is 5.10 Å². The number of carbonyl (C=O) groups excluding carboxylic acids is 1. The van der Waals surface area contributed by atoms with Crippen LogP contribution in [-0.4, -0.2) is 39.9 Å². The number of nitrogens with one attached hydrogen (secondary N) is 2. The highest BCUT2D eigenvalue weighted by atomic mass is 19.1. The summed E-state index contributed by atoms with van der Waals surface area (Å²) in [7, 11) is 3.36. The molecule has 3 aromatic rings. The largest absolute Gasteiger partial charge is 0.479 e. The number of halogens is 1. The quantitative estimate of drug-likeness (QED) is 0.378. The molecule has 9 nitrogen and oxygen atoms in total. The van der Waals surface area contributed by atoms with Gasteiger partial charge < -0.3 is 26.8 Å². The minimum Gasteiger partial charge on any atom is -0.479 e. The number of ether oxygens (including phenoxy) is 1. The normalized spacial score (nSPS) is 13.1. The molecule has 1 aromatic carbocycles. The van der Waals surface area contributed by atoms with E-state index in [1.807, 2.05) is 26.1 Å². The number of amides is 1. The van der Waals surface area contributed by atoms with Gasteiger partial charge in [-0.3, -0.25) is 9.48 Å².